The topological polar surface area (TPSA) is 104 Å². The van der Waals surface area contributed by atoms with Gasteiger partial charge in [0.2, 0.25) is 0 Å². The van der Waals surface area contributed by atoms with E-state index in [-0.39, 0.29) is 14.1 Å². The molecule has 0 rings (SSSR count). The maximum atomic E-state index is 10.2. The Kier molecular flexibility index (Phi) is 5.45. The third-order valence-electron chi connectivity index (χ3n) is 1.04. The lowest BCUT2D eigenvalue weighted by Gasteiger charge is -2.12. The summed E-state index contributed by atoms with van der Waals surface area (Å²) >= 11 is 0. The number of hydrogen-bond donors (Lipinski definition) is 2. The average Bonchev–Trinajstić information content (AvgIpc) is 1.98. The first-order valence-corrected chi connectivity index (χ1v) is 3.27. The highest BCUT2D eigenvalue weighted by atomic mass is 16.5. The Balaban J connectivity index is 3.93. The second kappa shape index (κ2) is 6.12. The Labute approximate surface area is 75.5 Å². The molecule has 0 saturated carbocycles. The first-order chi connectivity index (χ1) is 6.06. The molecule has 0 aromatic rings. The van der Waals surface area contributed by atoms with E-state index in [9.17, 15) is 14.4 Å². The number of nitrogens with zero attached hydrogens (tertiary/aromatic N) is 1. The Morgan fingerprint density at radius 1 is 1.23 bits per heavy atom. The minimum absolute atomic E-state index is 0.122. The maximum Gasteiger partial charge on any atom is 0.411 e. The van der Waals surface area contributed by atoms with E-state index >= 15 is 0 Å². The van der Waals surface area contributed by atoms with Gasteiger partial charge in [-0.05, 0) is 0 Å². The van der Waals surface area contributed by atoms with Gasteiger partial charge < -0.3 is 19.5 Å². The van der Waals surface area contributed by atoms with Crippen molar-refractivity contribution >= 4 is 40.7 Å². The molecule has 0 heterocycles. The van der Waals surface area contributed by atoms with Crippen molar-refractivity contribution in [2.75, 3.05) is 0 Å². The van der Waals surface area contributed by atoms with E-state index in [1.54, 1.807) is 0 Å². The van der Waals surface area contributed by atoms with Crippen molar-refractivity contribution in [3.63, 3.8) is 0 Å². The predicted octanol–water partition coefficient (Wildman–Crippen LogP) is -2.21. The van der Waals surface area contributed by atoms with Crippen molar-refractivity contribution < 1.29 is 29.3 Å². The van der Waals surface area contributed by atoms with Crippen LogP contribution in [0.5, 0.6) is 0 Å². The maximum absolute atomic E-state index is 10.2. The van der Waals surface area contributed by atoms with Gasteiger partial charge in [-0.3, -0.25) is 14.4 Å². The second-order valence-electron chi connectivity index (χ2n) is 2.17. The van der Waals surface area contributed by atoms with E-state index in [0.29, 0.717) is 0 Å². The normalized spacial score (nSPS) is 8.69. The molecule has 0 aliphatic carbocycles. The first kappa shape index (κ1) is 11.6. The average molecular weight is 185 g/mol. The second-order valence-corrected chi connectivity index (χ2v) is 2.17. The molecule has 0 aromatic heterocycles. The lowest BCUT2D eigenvalue weighted by atomic mass is 9.71. The number of carbonyl (C=O) groups excluding carboxylic acids is 1. The number of hydrogen-bond acceptors (Lipinski definition) is 5. The summed E-state index contributed by atoms with van der Waals surface area (Å²) in [5.74, 6) is -2.37. The van der Waals surface area contributed by atoms with E-state index in [1.807, 2.05) is 0 Å². The van der Waals surface area contributed by atoms with Crippen molar-refractivity contribution in [3.05, 3.63) is 0 Å². The SMILES string of the molecule is O=COBN(BC(=O)O)BC(=O)O. The van der Waals surface area contributed by atoms with Crippen LogP contribution >= 0.6 is 0 Å². The third-order valence-corrected chi connectivity index (χ3v) is 1.04. The van der Waals surface area contributed by atoms with E-state index in [4.69, 9.17) is 10.2 Å². The molecule has 0 spiro atoms. The summed E-state index contributed by atoms with van der Waals surface area (Å²) in [6.07, 6.45) is 0. The number of carboxylic acid groups (broad SMARTS) is 2. The Bertz CT molecular complexity index is 193. The Morgan fingerprint density at radius 3 is 2.00 bits per heavy atom. The van der Waals surface area contributed by atoms with Crippen molar-refractivity contribution in [3.8, 4) is 0 Å². The molecule has 2 N–H and O–H groups in total. The molecule has 0 bridgehead atoms. The molecule has 0 atom stereocenters. The summed E-state index contributed by atoms with van der Waals surface area (Å²) in [5, 5.41) is 16.6. The van der Waals surface area contributed by atoms with E-state index in [1.165, 1.54) is 0 Å². The molecule has 0 amide bonds. The summed E-state index contributed by atoms with van der Waals surface area (Å²) in [6.45, 7) is 0.122. The van der Waals surface area contributed by atoms with Gasteiger partial charge in [0.15, 0.2) is 0 Å². The van der Waals surface area contributed by atoms with Crippen molar-refractivity contribution in [2.45, 2.75) is 0 Å². The van der Waals surface area contributed by atoms with Crippen LogP contribution in [-0.2, 0) is 9.45 Å². The fraction of sp³-hybridized carbons (Fsp3) is 0. The minimum atomic E-state index is -1.18. The molecule has 7 nitrogen and oxygen atoms in total. The highest BCUT2D eigenvalue weighted by Gasteiger charge is 2.19. The first-order valence-electron chi connectivity index (χ1n) is 3.27. The molecule has 0 aliphatic heterocycles. The van der Waals surface area contributed by atoms with Gasteiger partial charge in [0.25, 0.3) is 18.2 Å². The van der Waals surface area contributed by atoms with Crippen molar-refractivity contribution in [1.29, 1.82) is 0 Å². The van der Waals surface area contributed by atoms with Gasteiger partial charge in [0.1, 0.15) is 0 Å². The Hall–Kier alpha value is -1.44. The molecule has 0 unspecified atom stereocenters. The van der Waals surface area contributed by atoms with Gasteiger partial charge in [0.05, 0.1) is 0 Å². The van der Waals surface area contributed by atoms with Crippen LogP contribution in [0, 0.1) is 0 Å². The van der Waals surface area contributed by atoms with Gasteiger partial charge >= 0.3 is 22.4 Å². The molecule has 0 aliphatic rings. The molecular weight excluding hydrogens is 178 g/mol. The molecule has 68 valence electrons. The van der Waals surface area contributed by atoms with E-state index in [0.717, 1.165) is 4.63 Å². The van der Waals surface area contributed by atoms with Crippen LogP contribution in [0.25, 0.3) is 0 Å². The van der Waals surface area contributed by atoms with Crippen LogP contribution in [0.3, 0.4) is 0 Å². The zero-order valence-corrected chi connectivity index (χ0v) is 6.67. The van der Waals surface area contributed by atoms with Gasteiger partial charge in [0, 0.05) is 0 Å². The summed E-state index contributed by atoms with van der Waals surface area (Å²) < 4.78 is 5.17. The molecule has 0 saturated heterocycles. The number of rotatable bonds is 7. The highest BCUT2D eigenvalue weighted by molar-refractivity contribution is 6.88. The minimum Gasteiger partial charge on any atom is -0.527 e. The van der Waals surface area contributed by atoms with E-state index in [2.05, 4.69) is 4.65 Å². The zero-order chi connectivity index (χ0) is 10.3. The third kappa shape index (κ3) is 6.94. The van der Waals surface area contributed by atoms with Crippen LogP contribution in [0.15, 0.2) is 0 Å². The predicted molar refractivity (Wildman–Crippen MR) is 46.5 cm³/mol. The van der Waals surface area contributed by atoms with Crippen molar-refractivity contribution in [1.82, 2.24) is 4.63 Å². The summed E-state index contributed by atoms with van der Waals surface area (Å²) in [5.41, 5.74) is 0. The van der Waals surface area contributed by atoms with Gasteiger partial charge in [-0.15, -0.1) is 0 Å². The molecule has 10 heteroatoms. The number of carbonyl (C=O) groups is 3. The summed E-state index contributed by atoms with van der Waals surface area (Å²) in [4.78, 5) is 30.1. The van der Waals surface area contributed by atoms with Gasteiger partial charge in [-0.1, -0.05) is 0 Å². The summed E-state index contributed by atoms with van der Waals surface area (Å²) in [6, 6.07) is 0. The van der Waals surface area contributed by atoms with Gasteiger partial charge in [-0.25, -0.2) is 0 Å². The molecule has 13 heavy (non-hydrogen) atoms. The monoisotopic (exact) mass is 185 g/mol. The highest BCUT2D eigenvalue weighted by Crippen LogP contribution is 1.82. The van der Waals surface area contributed by atoms with Crippen LogP contribution in [0.4, 0.5) is 9.59 Å². The molecular formula is C3H6B3NO6. The standard InChI is InChI=1S/C3H6B3NO6/c8-1-13-6-7(4-2(9)10)5-3(11)12/h1,4-6H,(H,9,10)(H,11,12). The zero-order valence-electron chi connectivity index (χ0n) is 6.67. The quantitative estimate of drug-likeness (QED) is 0.341. The fourth-order valence-electron chi connectivity index (χ4n) is 0.666. The largest absolute Gasteiger partial charge is 0.527 e. The van der Waals surface area contributed by atoms with Crippen LogP contribution in [-0.4, -0.2) is 55.5 Å². The molecule has 0 aromatic carbocycles. The van der Waals surface area contributed by atoms with Crippen molar-refractivity contribution in [2.24, 2.45) is 0 Å². The van der Waals surface area contributed by atoms with Crippen LogP contribution < -0.4 is 0 Å². The molecule has 0 fully saturated rings. The van der Waals surface area contributed by atoms with Gasteiger partial charge in [-0.2, -0.15) is 0 Å². The lowest BCUT2D eigenvalue weighted by molar-refractivity contribution is -0.120. The summed E-state index contributed by atoms with van der Waals surface area (Å²) in [7, 11) is -1.32. The Morgan fingerprint density at radius 2 is 1.69 bits per heavy atom. The van der Waals surface area contributed by atoms with E-state index < -0.39 is 26.6 Å². The molecule has 0 radical (unpaired) electrons. The smallest absolute Gasteiger partial charge is 0.411 e. The van der Waals surface area contributed by atoms with Crippen LogP contribution in [0.2, 0.25) is 0 Å². The van der Waals surface area contributed by atoms with Crippen LogP contribution in [0.1, 0.15) is 0 Å². The fourth-order valence-corrected chi connectivity index (χ4v) is 0.666. The lowest BCUT2D eigenvalue weighted by Crippen LogP contribution is -2.43.